The molecule has 0 aliphatic rings. The molecule has 0 amide bonds. The van der Waals surface area contributed by atoms with Crippen molar-refractivity contribution < 1.29 is 9.84 Å². The summed E-state index contributed by atoms with van der Waals surface area (Å²) in [7, 11) is 1.61. The number of aliphatic hydroxyl groups is 1. The number of hydrogen-bond donors (Lipinski definition) is 2. The molecule has 0 saturated heterocycles. The van der Waals surface area contributed by atoms with Crippen LogP contribution in [0.3, 0.4) is 0 Å². The Labute approximate surface area is 119 Å². The lowest BCUT2D eigenvalue weighted by Crippen LogP contribution is -2.12. The van der Waals surface area contributed by atoms with Gasteiger partial charge in [0.15, 0.2) is 0 Å². The third-order valence-corrected chi connectivity index (χ3v) is 3.01. The predicted molar refractivity (Wildman–Crippen MR) is 80.8 cm³/mol. The normalized spacial score (nSPS) is 11.4. The molecule has 0 radical (unpaired) electrons. The number of ether oxygens (including phenoxy) is 1. The summed E-state index contributed by atoms with van der Waals surface area (Å²) < 4.78 is 5.14. The average Bonchev–Trinajstić information content (AvgIpc) is 2.52. The van der Waals surface area contributed by atoms with E-state index in [4.69, 9.17) is 11.2 Å². The summed E-state index contributed by atoms with van der Waals surface area (Å²) in [5, 5.41) is 13.3. The number of rotatable bonds is 5. The highest BCUT2D eigenvalue weighted by molar-refractivity contribution is 5.50. The topological polar surface area (TPSA) is 41.5 Å². The van der Waals surface area contributed by atoms with E-state index in [0.717, 1.165) is 22.6 Å². The summed E-state index contributed by atoms with van der Waals surface area (Å²) in [5.74, 6) is 3.32. The lowest BCUT2D eigenvalue weighted by atomic mass is 10.1. The summed E-state index contributed by atoms with van der Waals surface area (Å²) >= 11 is 0. The van der Waals surface area contributed by atoms with Gasteiger partial charge < -0.3 is 15.2 Å². The first-order valence-electron chi connectivity index (χ1n) is 6.35. The van der Waals surface area contributed by atoms with Crippen molar-refractivity contribution in [3.8, 4) is 18.1 Å². The SMILES string of the molecule is C#Cc1cccc(NCC(O)c2cccc(OC)c2)c1. The molecule has 0 saturated carbocycles. The van der Waals surface area contributed by atoms with Gasteiger partial charge in [-0.15, -0.1) is 6.42 Å². The van der Waals surface area contributed by atoms with Crippen LogP contribution >= 0.6 is 0 Å². The molecule has 20 heavy (non-hydrogen) atoms. The largest absolute Gasteiger partial charge is 0.497 e. The minimum Gasteiger partial charge on any atom is -0.497 e. The van der Waals surface area contributed by atoms with E-state index in [-0.39, 0.29) is 0 Å². The predicted octanol–water partition coefficient (Wildman–Crippen LogP) is 2.82. The molecule has 0 bridgehead atoms. The van der Waals surface area contributed by atoms with Crippen molar-refractivity contribution in [2.24, 2.45) is 0 Å². The third-order valence-electron chi connectivity index (χ3n) is 3.01. The summed E-state index contributed by atoms with van der Waals surface area (Å²) in [6.07, 6.45) is 4.75. The fourth-order valence-electron chi connectivity index (χ4n) is 1.90. The van der Waals surface area contributed by atoms with Gasteiger partial charge in [0.05, 0.1) is 13.2 Å². The van der Waals surface area contributed by atoms with Gasteiger partial charge in [-0.2, -0.15) is 0 Å². The lowest BCUT2D eigenvalue weighted by Gasteiger charge is -2.14. The second kappa shape index (κ2) is 6.65. The van der Waals surface area contributed by atoms with Crippen molar-refractivity contribution in [1.82, 2.24) is 0 Å². The van der Waals surface area contributed by atoms with Gasteiger partial charge in [-0.1, -0.05) is 24.1 Å². The maximum Gasteiger partial charge on any atom is 0.119 e. The van der Waals surface area contributed by atoms with Crippen LogP contribution in [-0.2, 0) is 0 Å². The van der Waals surface area contributed by atoms with Gasteiger partial charge in [0.2, 0.25) is 0 Å². The van der Waals surface area contributed by atoms with Gasteiger partial charge in [-0.3, -0.25) is 0 Å². The monoisotopic (exact) mass is 267 g/mol. The number of methoxy groups -OCH3 is 1. The van der Waals surface area contributed by atoms with E-state index in [2.05, 4.69) is 11.2 Å². The van der Waals surface area contributed by atoms with E-state index in [9.17, 15) is 5.11 Å². The Bertz CT molecular complexity index is 616. The molecule has 102 valence electrons. The van der Waals surface area contributed by atoms with Gasteiger partial charge in [0, 0.05) is 17.8 Å². The van der Waals surface area contributed by atoms with E-state index >= 15 is 0 Å². The fraction of sp³-hybridized carbons (Fsp3) is 0.176. The second-order valence-corrected chi connectivity index (χ2v) is 4.40. The van der Waals surface area contributed by atoms with Gasteiger partial charge in [-0.05, 0) is 35.9 Å². The van der Waals surface area contributed by atoms with Crippen LogP contribution in [0.5, 0.6) is 5.75 Å². The number of hydrogen-bond acceptors (Lipinski definition) is 3. The van der Waals surface area contributed by atoms with Crippen molar-refractivity contribution in [1.29, 1.82) is 0 Å². The molecule has 2 rings (SSSR count). The van der Waals surface area contributed by atoms with E-state index in [1.807, 2.05) is 48.5 Å². The molecule has 0 aromatic heterocycles. The first kappa shape index (κ1) is 14.0. The van der Waals surface area contributed by atoms with Crippen LogP contribution in [0.1, 0.15) is 17.2 Å². The first-order valence-corrected chi connectivity index (χ1v) is 6.35. The minimum absolute atomic E-state index is 0.404. The van der Waals surface area contributed by atoms with Crippen LogP contribution in [0, 0.1) is 12.3 Å². The molecule has 0 heterocycles. The van der Waals surface area contributed by atoms with Gasteiger partial charge >= 0.3 is 0 Å². The lowest BCUT2D eigenvalue weighted by molar-refractivity contribution is 0.191. The highest BCUT2D eigenvalue weighted by atomic mass is 16.5. The molecule has 2 aromatic rings. The Balaban J connectivity index is 2.00. The van der Waals surface area contributed by atoms with Crippen LogP contribution in [0.25, 0.3) is 0 Å². The molecule has 1 unspecified atom stereocenters. The maximum absolute atomic E-state index is 10.2. The number of terminal acetylenes is 1. The van der Waals surface area contributed by atoms with Gasteiger partial charge in [0.25, 0.3) is 0 Å². The average molecular weight is 267 g/mol. The minimum atomic E-state index is -0.611. The highest BCUT2D eigenvalue weighted by Crippen LogP contribution is 2.20. The van der Waals surface area contributed by atoms with E-state index < -0.39 is 6.10 Å². The Morgan fingerprint density at radius 3 is 2.80 bits per heavy atom. The second-order valence-electron chi connectivity index (χ2n) is 4.40. The Morgan fingerprint density at radius 1 is 1.25 bits per heavy atom. The smallest absolute Gasteiger partial charge is 0.119 e. The Kier molecular flexibility index (Phi) is 4.65. The summed E-state index contributed by atoms with van der Waals surface area (Å²) in [6, 6.07) is 14.9. The first-order chi connectivity index (χ1) is 9.72. The number of aliphatic hydroxyl groups excluding tert-OH is 1. The standard InChI is InChI=1S/C17H17NO2/c1-3-13-6-4-8-15(10-13)18-12-17(19)14-7-5-9-16(11-14)20-2/h1,4-11,17-19H,12H2,2H3. The van der Waals surface area contributed by atoms with Crippen LogP contribution in [0.4, 0.5) is 5.69 Å². The van der Waals surface area contributed by atoms with Crippen LogP contribution < -0.4 is 10.1 Å². The van der Waals surface area contributed by atoms with Gasteiger partial charge in [0.1, 0.15) is 5.75 Å². The maximum atomic E-state index is 10.2. The van der Waals surface area contributed by atoms with E-state index in [1.54, 1.807) is 7.11 Å². The zero-order valence-electron chi connectivity index (χ0n) is 11.3. The van der Waals surface area contributed by atoms with Gasteiger partial charge in [-0.25, -0.2) is 0 Å². The fourth-order valence-corrected chi connectivity index (χ4v) is 1.90. The molecule has 1 atom stereocenters. The van der Waals surface area contributed by atoms with Crippen LogP contribution in [0.2, 0.25) is 0 Å². The quantitative estimate of drug-likeness (QED) is 0.819. The number of anilines is 1. The highest BCUT2D eigenvalue weighted by Gasteiger charge is 2.08. The molecule has 0 fully saturated rings. The van der Waals surface area contributed by atoms with Crippen molar-refractivity contribution >= 4 is 5.69 Å². The molecule has 3 heteroatoms. The van der Waals surface area contributed by atoms with Crippen molar-refractivity contribution in [3.05, 3.63) is 59.7 Å². The summed E-state index contributed by atoms with van der Waals surface area (Å²) in [5.41, 5.74) is 2.51. The number of nitrogens with one attached hydrogen (secondary N) is 1. The van der Waals surface area contributed by atoms with Crippen molar-refractivity contribution in [3.63, 3.8) is 0 Å². The van der Waals surface area contributed by atoms with Crippen LogP contribution in [-0.4, -0.2) is 18.8 Å². The molecule has 0 aliphatic heterocycles. The zero-order chi connectivity index (χ0) is 14.4. The third kappa shape index (κ3) is 3.53. The molecular weight excluding hydrogens is 250 g/mol. The number of benzene rings is 2. The molecule has 0 spiro atoms. The van der Waals surface area contributed by atoms with Crippen molar-refractivity contribution in [2.75, 3.05) is 19.0 Å². The molecular formula is C17H17NO2. The summed E-state index contributed by atoms with van der Waals surface area (Å²) in [6.45, 7) is 0.404. The summed E-state index contributed by atoms with van der Waals surface area (Å²) in [4.78, 5) is 0. The molecule has 3 nitrogen and oxygen atoms in total. The Hall–Kier alpha value is -2.44. The zero-order valence-corrected chi connectivity index (χ0v) is 11.3. The molecule has 2 aromatic carbocycles. The Morgan fingerprint density at radius 2 is 2.05 bits per heavy atom. The van der Waals surface area contributed by atoms with E-state index in [1.165, 1.54) is 0 Å². The van der Waals surface area contributed by atoms with E-state index in [0.29, 0.717) is 6.54 Å². The molecule has 0 aliphatic carbocycles. The van der Waals surface area contributed by atoms with Crippen LogP contribution in [0.15, 0.2) is 48.5 Å². The molecule has 2 N–H and O–H groups in total. The van der Waals surface area contributed by atoms with Crippen molar-refractivity contribution in [2.45, 2.75) is 6.10 Å².